The highest BCUT2D eigenvalue weighted by Crippen LogP contribution is 2.26. The summed E-state index contributed by atoms with van der Waals surface area (Å²) in [6, 6.07) is 0.881. The van der Waals surface area contributed by atoms with Crippen LogP contribution in [-0.2, 0) is 0 Å². The molecule has 0 unspecified atom stereocenters. The van der Waals surface area contributed by atoms with Crippen LogP contribution >= 0.6 is 0 Å². The second-order valence-electron chi connectivity index (χ2n) is 5.93. The van der Waals surface area contributed by atoms with Gasteiger partial charge >= 0.3 is 0 Å². The summed E-state index contributed by atoms with van der Waals surface area (Å²) < 4.78 is 0. The molecule has 2 saturated heterocycles. The van der Waals surface area contributed by atoms with Crippen LogP contribution in [0.4, 0.5) is 0 Å². The molecule has 2 nitrogen and oxygen atoms in total. The van der Waals surface area contributed by atoms with Gasteiger partial charge in [-0.25, -0.2) is 0 Å². The van der Waals surface area contributed by atoms with Crippen LogP contribution in [0.2, 0.25) is 0 Å². The van der Waals surface area contributed by atoms with Crippen LogP contribution in [0.3, 0.4) is 0 Å². The second kappa shape index (κ2) is 4.84. The minimum Gasteiger partial charge on any atom is -0.306 e. The molecule has 0 saturated carbocycles. The third-order valence-corrected chi connectivity index (χ3v) is 4.10. The van der Waals surface area contributed by atoms with E-state index in [0.717, 1.165) is 17.9 Å². The number of likely N-dealkylation sites (tertiary alicyclic amines) is 2. The van der Waals surface area contributed by atoms with Gasteiger partial charge < -0.3 is 4.90 Å². The molecule has 0 aromatic rings. The maximum Gasteiger partial charge on any atom is 0.0120 e. The molecule has 2 heteroatoms. The Morgan fingerprint density at radius 3 is 2.00 bits per heavy atom. The number of hydrogen-bond donors (Lipinski definition) is 0. The lowest BCUT2D eigenvalue weighted by atomic mass is 9.89. The zero-order valence-corrected chi connectivity index (χ0v) is 10.6. The molecule has 2 aliphatic heterocycles. The van der Waals surface area contributed by atoms with Crippen molar-refractivity contribution in [1.82, 2.24) is 9.80 Å². The summed E-state index contributed by atoms with van der Waals surface area (Å²) in [4.78, 5) is 5.24. The van der Waals surface area contributed by atoms with Crippen LogP contribution in [0.5, 0.6) is 0 Å². The largest absolute Gasteiger partial charge is 0.306 e. The summed E-state index contributed by atoms with van der Waals surface area (Å²) in [7, 11) is 2.25. The SMILES string of the molecule is C[C@H]1C[C@H](C)CN(C2CCN(C)CC2)C1. The van der Waals surface area contributed by atoms with Gasteiger partial charge in [-0.3, -0.25) is 4.90 Å². The molecule has 2 atom stereocenters. The Balaban J connectivity index is 1.87. The third kappa shape index (κ3) is 2.94. The first-order valence-electron chi connectivity index (χ1n) is 6.57. The van der Waals surface area contributed by atoms with Gasteiger partial charge in [0.2, 0.25) is 0 Å². The Morgan fingerprint density at radius 1 is 0.933 bits per heavy atom. The standard InChI is InChI=1S/C13H26N2/c1-11-8-12(2)10-15(9-11)13-4-6-14(3)7-5-13/h11-13H,4-10H2,1-3H3/t11-,12-/m0/s1. The molecule has 2 rings (SSSR count). The maximum absolute atomic E-state index is 2.77. The zero-order valence-electron chi connectivity index (χ0n) is 10.6. The van der Waals surface area contributed by atoms with E-state index in [4.69, 9.17) is 0 Å². The quantitative estimate of drug-likeness (QED) is 0.653. The lowest BCUT2D eigenvalue weighted by Crippen LogP contribution is -2.49. The van der Waals surface area contributed by atoms with Gasteiger partial charge in [-0.15, -0.1) is 0 Å². The molecule has 2 aliphatic rings. The van der Waals surface area contributed by atoms with Crippen LogP contribution < -0.4 is 0 Å². The average molecular weight is 210 g/mol. The van der Waals surface area contributed by atoms with E-state index in [9.17, 15) is 0 Å². The summed E-state index contributed by atoms with van der Waals surface area (Å²) in [5, 5.41) is 0. The Morgan fingerprint density at radius 2 is 1.47 bits per heavy atom. The van der Waals surface area contributed by atoms with E-state index in [2.05, 4.69) is 30.7 Å². The highest BCUT2D eigenvalue weighted by Gasteiger charge is 2.28. The smallest absolute Gasteiger partial charge is 0.0120 e. The molecule has 0 aliphatic carbocycles. The number of piperidine rings is 2. The fourth-order valence-corrected chi connectivity index (χ4v) is 3.37. The van der Waals surface area contributed by atoms with Gasteiger partial charge in [0.1, 0.15) is 0 Å². The normalized spacial score (nSPS) is 37.0. The van der Waals surface area contributed by atoms with Crippen molar-refractivity contribution in [2.75, 3.05) is 33.2 Å². The molecule has 0 radical (unpaired) electrons. The Kier molecular flexibility index (Phi) is 3.68. The van der Waals surface area contributed by atoms with Gasteiger partial charge in [-0.1, -0.05) is 13.8 Å². The van der Waals surface area contributed by atoms with Crippen LogP contribution in [0, 0.1) is 11.8 Å². The van der Waals surface area contributed by atoms with E-state index in [1.807, 2.05) is 0 Å². The first-order chi connectivity index (χ1) is 7.15. The first-order valence-corrected chi connectivity index (χ1v) is 6.57. The van der Waals surface area contributed by atoms with Crippen molar-refractivity contribution in [3.63, 3.8) is 0 Å². The molecule has 0 bridgehead atoms. The Bertz CT molecular complexity index is 187. The number of rotatable bonds is 1. The molecule has 0 aromatic carbocycles. The summed E-state index contributed by atoms with van der Waals surface area (Å²) in [5.74, 6) is 1.82. The summed E-state index contributed by atoms with van der Waals surface area (Å²) >= 11 is 0. The molecule has 0 spiro atoms. The van der Waals surface area contributed by atoms with E-state index in [1.165, 1.54) is 45.4 Å². The maximum atomic E-state index is 2.77. The Hall–Kier alpha value is -0.0800. The van der Waals surface area contributed by atoms with Crippen LogP contribution in [0.15, 0.2) is 0 Å². The van der Waals surface area contributed by atoms with Crippen molar-refractivity contribution in [3.05, 3.63) is 0 Å². The fourth-order valence-electron chi connectivity index (χ4n) is 3.37. The van der Waals surface area contributed by atoms with E-state index in [1.54, 1.807) is 0 Å². The van der Waals surface area contributed by atoms with E-state index >= 15 is 0 Å². The van der Waals surface area contributed by atoms with Crippen molar-refractivity contribution in [1.29, 1.82) is 0 Å². The molecular weight excluding hydrogens is 184 g/mol. The second-order valence-corrected chi connectivity index (χ2v) is 5.93. The first kappa shape index (κ1) is 11.4. The van der Waals surface area contributed by atoms with Gasteiger partial charge in [0.25, 0.3) is 0 Å². The van der Waals surface area contributed by atoms with Gasteiger partial charge in [-0.05, 0) is 51.2 Å². The summed E-state index contributed by atoms with van der Waals surface area (Å²) in [6.07, 6.45) is 4.20. The molecule has 0 N–H and O–H groups in total. The van der Waals surface area contributed by atoms with Gasteiger partial charge in [0.15, 0.2) is 0 Å². The molecule has 0 aromatic heterocycles. The van der Waals surface area contributed by atoms with Crippen molar-refractivity contribution < 1.29 is 0 Å². The summed E-state index contributed by atoms with van der Waals surface area (Å²) in [6.45, 7) is 10.1. The Labute approximate surface area is 94.6 Å². The monoisotopic (exact) mass is 210 g/mol. The number of hydrogen-bond acceptors (Lipinski definition) is 2. The van der Waals surface area contributed by atoms with Crippen LogP contribution in [0.1, 0.15) is 33.1 Å². The third-order valence-electron chi connectivity index (χ3n) is 4.10. The number of nitrogens with zero attached hydrogens (tertiary/aromatic N) is 2. The predicted molar refractivity (Wildman–Crippen MR) is 65.0 cm³/mol. The van der Waals surface area contributed by atoms with Gasteiger partial charge in [0.05, 0.1) is 0 Å². The van der Waals surface area contributed by atoms with E-state index in [-0.39, 0.29) is 0 Å². The van der Waals surface area contributed by atoms with Crippen molar-refractivity contribution in [2.24, 2.45) is 11.8 Å². The zero-order chi connectivity index (χ0) is 10.8. The van der Waals surface area contributed by atoms with E-state index in [0.29, 0.717) is 0 Å². The van der Waals surface area contributed by atoms with Crippen LogP contribution in [0.25, 0.3) is 0 Å². The van der Waals surface area contributed by atoms with Crippen molar-refractivity contribution in [2.45, 2.75) is 39.2 Å². The van der Waals surface area contributed by atoms with Crippen molar-refractivity contribution >= 4 is 0 Å². The molecule has 88 valence electrons. The summed E-state index contributed by atoms with van der Waals surface area (Å²) in [5.41, 5.74) is 0. The molecular formula is C13H26N2. The minimum absolute atomic E-state index is 0.881. The lowest BCUT2D eigenvalue weighted by molar-refractivity contribution is 0.0604. The molecule has 15 heavy (non-hydrogen) atoms. The lowest BCUT2D eigenvalue weighted by Gasteiger charge is -2.43. The minimum atomic E-state index is 0.881. The van der Waals surface area contributed by atoms with Crippen molar-refractivity contribution in [3.8, 4) is 0 Å². The highest BCUT2D eigenvalue weighted by atomic mass is 15.2. The van der Waals surface area contributed by atoms with Gasteiger partial charge in [0, 0.05) is 19.1 Å². The fraction of sp³-hybridized carbons (Fsp3) is 1.00. The molecule has 2 heterocycles. The molecule has 0 amide bonds. The molecule has 2 fully saturated rings. The highest BCUT2D eigenvalue weighted by molar-refractivity contribution is 4.83. The van der Waals surface area contributed by atoms with E-state index < -0.39 is 0 Å². The topological polar surface area (TPSA) is 6.48 Å². The van der Waals surface area contributed by atoms with Gasteiger partial charge in [-0.2, -0.15) is 0 Å². The average Bonchev–Trinajstić information content (AvgIpc) is 2.17. The predicted octanol–water partition coefficient (Wildman–Crippen LogP) is 2.06. The van der Waals surface area contributed by atoms with Crippen LogP contribution in [-0.4, -0.2) is 49.1 Å².